The molecule has 3 heterocycles. The standard InChI is InChI=1S/C18H20ClFN4O/c1-11-3-2-4-14(20)17(11)23-10-12-8-22-16(19)7-15(12)24(18(23)25)13-5-6-21-9-13/h2-4,7,13,21-22H,5-6,8-10H2,1H3/t13-/m0/s1. The molecule has 0 aliphatic carbocycles. The number of aryl methyl sites for hydroxylation is 1. The van der Waals surface area contributed by atoms with Crippen LogP contribution in [-0.2, 0) is 0 Å². The van der Waals surface area contributed by atoms with Gasteiger partial charge in [-0.25, -0.2) is 9.18 Å². The van der Waals surface area contributed by atoms with Gasteiger partial charge < -0.3 is 10.6 Å². The highest BCUT2D eigenvalue weighted by Crippen LogP contribution is 2.34. The fourth-order valence-electron chi connectivity index (χ4n) is 3.78. The zero-order valence-electron chi connectivity index (χ0n) is 14.0. The zero-order valence-corrected chi connectivity index (χ0v) is 14.7. The maximum Gasteiger partial charge on any atom is 0.329 e. The lowest BCUT2D eigenvalue weighted by atomic mass is 10.0. The van der Waals surface area contributed by atoms with Gasteiger partial charge in [-0.3, -0.25) is 9.80 Å². The third-order valence-electron chi connectivity index (χ3n) is 5.00. The Balaban J connectivity index is 1.81. The molecule has 1 fully saturated rings. The van der Waals surface area contributed by atoms with E-state index < -0.39 is 0 Å². The molecule has 0 saturated carbocycles. The Morgan fingerprint density at radius 2 is 2.20 bits per heavy atom. The molecule has 2 N–H and O–H groups in total. The SMILES string of the molecule is Cc1cccc(F)c1N1CC2=C(C=C(Cl)NC2)N([C@H]2CCNC2)C1=O. The summed E-state index contributed by atoms with van der Waals surface area (Å²) in [6.45, 7) is 4.34. The molecule has 5 nitrogen and oxygen atoms in total. The molecule has 0 aromatic heterocycles. The van der Waals surface area contributed by atoms with Crippen molar-refractivity contribution in [3.8, 4) is 0 Å². The molecule has 1 aromatic carbocycles. The van der Waals surface area contributed by atoms with Crippen LogP contribution in [-0.4, -0.2) is 43.2 Å². The van der Waals surface area contributed by atoms with Gasteiger partial charge in [0.25, 0.3) is 0 Å². The number of urea groups is 1. The van der Waals surface area contributed by atoms with Crippen molar-refractivity contribution in [2.75, 3.05) is 31.1 Å². The number of para-hydroxylation sites is 1. The fraction of sp³-hybridized carbons (Fsp3) is 0.389. The lowest BCUT2D eigenvalue weighted by molar-refractivity contribution is 0.201. The maximum absolute atomic E-state index is 14.5. The Hall–Kier alpha value is -2.05. The van der Waals surface area contributed by atoms with Crippen LogP contribution in [0, 0.1) is 12.7 Å². The summed E-state index contributed by atoms with van der Waals surface area (Å²) in [6.07, 6.45) is 2.67. The number of nitrogens with zero attached hydrogens (tertiary/aromatic N) is 2. The van der Waals surface area contributed by atoms with Gasteiger partial charge in [0, 0.05) is 13.1 Å². The fourth-order valence-corrected chi connectivity index (χ4v) is 3.95. The summed E-state index contributed by atoms with van der Waals surface area (Å²) < 4.78 is 14.5. The molecule has 7 heteroatoms. The van der Waals surface area contributed by atoms with Crippen molar-refractivity contribution in [3.05, 3.63) is 52.1 Å². The second-order valence-corrected chi connectivity index (χ2v) is 7.03. The summed E-state index contributed by atoms with van der Waals surface area (Å²) in [6, 6.07) is 4.75. The van der Waals surface area contributed by atoms with Crippen molar-refractivity contribution in [1.82, 2.24) is 15.5 Å². The minimum absolute atomic E-state index is 0.0474. The van der Waals surface area contributed by atoms with Crippen LogP contribution in [0.2, 0.25) is 0 Å². The Kier molecular flexibility index (Phi) is 4.17. The Morgan fingerprint density at radius 3 is 2.92 bits per heavy atom. The Morgan fingerprint density at radius 1 is 1.36 bits per heavy atom. The van der Waals surface area contributed by atoms with Crippen LogP contribution in [0.3, 0.4) is 0 Å². The summed E-state index contributed by atoms with van der Waals surface area (Å²) in [5, 5.41) is 6.92. The quantitative estimate of drug-likeness (QED) is 0.795. The topological polar surface area (TPSA) is 47.6 Å². The van der Waals surface area contributed by atoms with Gasteiger partial charge in [-0.1, -0.05) is 23.7 Å². The predicted molar refractivity (Wildman–Crippen MR) is 96.0 cm³/mol. The molecule has 132 valence electrons. The molecule has 0 bridgehead atoms. The molecular formula is C18H20ClFN4O. The smallest absolute Gasteiger partial charge is 0.329 e. The van der Waals surface area contributed by atoms with E-state index in [1.807, 2.05) is 19.1 Å². The average molecular weight is 363 g/mol. The van der Waals surface area contributed by atoms with E-state index in [-0.39, 0.29) is 17.9 Å². The number of nitrogens with one attached hydrogen (secondary N) is 2. The van der Waals surface area contributed by atoms with Gasteiger partial charge in [-0.2, -0.15) is 0 Å². The summed E-state index contributed by atoms with van der Waals surface area (Å²) in [5.41, 5.74) is 3.00. The summed E-state index contributed by atoms with van der Waals surface area (Å²) in [5.74, 6) is -0.376. The molecular weight excluding hydrogens is 343 g/mol. The first-order valence-corrected chi connectivity index (χ1v) is 8.83. The van der Waals surface area contributed by atoms with Crippen molar-refractivity contribution in [2.24, 2.45) is 0 Å². The van der Waals surface area contributed by atoms with Crippen LogP contribution in [0.5, 0.6) is 0 Å². The number of carbonyl (C=O) groups is 1. The third kappa shape index (κ3) is 2.79. The Bertz CT molecular complexity index is 765. The van der Waals surface area contributed by atoms with E-state index in [4.69, 9.17) is 11.6 Å². The van der Waals surface area contributed by atoms with Crippen molar-refractivity contribution < 1.29 is 9.18 Å². The Labute approximate surface area is 151 Å². The van der Waals surface area contributed by atoms with E-state index in [1.165, 1.54) is 6.07 Å². The number of dihydropyridines is 1. The van der Waals surface area contributed by atoms with E-state index >= 15 is 0 Å². The maximum atomic E-state index is 14.5. The molecule has 25 heavy (non-hydrogen) atoms. The van der Waals surface area contributed by atoms with Gasteiger partial charge in [0.15, 0.2) is 0 Å². The highest BCUT2D eigenvalue weighted by Gasteiger charge is 2.39. The monoisotopic (exact) mass is 362 g/mol. The summed E-state index contributed by atoms with van der Waals surface area (Å²) in [7, 11) is 0. The molecule has 0 radical (unpaired) electrons. The number of hydrogen-bond acceptors (Lipinski definition) is 3. The second-order valence-electron chi connectivity index (χ2n) is 6.63. The normalized spacial score (nSPS) is 23.6. The molecule has 4 rings (SSSR count). The van der Waals surface area contributed by atoms with Crippen LogP contribution in [0.4, 0.5) is 14.9 Å². The first kappa shape index (κ1) is 16.4. The van der Waals surface area contributed by atoms with Gasteiger partial charge in [0.2, 0.25) is 0 Å². The molecule has 0 spiro atoms. The van der Waals surface area contributed by atoms with E-state index in [2.05, 4.69) is 10.6 Å². The van der Waals surface area contributed by atoms with Gasteiger partial charge >= 0.3 is 6.03 Å². The first-order chi connectivity index (χ1) is 12.1. The zero-order chi connectivity index (χ0) is 17.6. The lowest BCUT2D eigenvalue weighted by Gasteiger charge is -2.42. The van der Waals surface area contributed by atoms with Crippen LogP contribution >= 0.6 is 11.6 Å². The lowest BCUT2D eigenvalue weighted by Crippen LogP contribution is -2.54. The van der Waals surface area contributed by atoms with Crippen LogP contribution in [0.25, 0.3) is 0 Å². The van der Waals surface area contributed by atoms with Crippen molar-refractivity contribution in [1.29, 1.82) is 0 Å². The van der Waals surface area contributed by atoms with Crippen molar-refractivity contribution in [2.45, 2.75) is 19.4 Å². The average Bonchev–Trinajstić information content (AvgIpc) is 3.09. The predicted octanol–water partition coefficient (Wildman–Crippen LogP) is 2.68. The first-order valence-electron chi connectivity index (χ1n) is 8.46. The van der Waals surface area contributed by atoms with Crippen LogP contribution in [0.1, 0.15) is 12.0 Å². The largest absolute Gasteiger partial charge is 0.372 e. The number of hydrogen-bond donors (Lipinski definition) is 2. The number of halogens is 2. The number of rotatable bonds is 2. The van der Waals surface area contributed by atoms with E-state index in [0.717, 1.165) is 36.3 Å². The van der Waals surface area contributed by atoms with Crippen LogP contribution < -0.4 is 15.5 Å². The van der Waals surface area contributed by atoms with E-state index in [0.29, 0.717) is 23.9 Å². The van der Waals surface area contributed by atoms with E-state index in [1.54, 1.807) is 15.9 Å². The highest BCUT2D eigenvalue weighted by molar-refractivity contribution is 6.29. The highest BCUT2D eigenvalue weighted by atomic mass is 35.5. The molecule has 1 saturated heterocycles. The number of anilines is 1. The molecule has 1 atom stereocenters. The minimum Gasteiger partial charge on any atom is -0.372 e. The number of allylic oxidation sites excluding steroid dienone is 1. The number of amides is 2. The summed E-state index contributed by atoms with van der Waals surface area (Å²) in [4.78, 5) is 16.6. The van der Waals surface area contributed by atoms with Crippen molar-refractivity contribution >= 4 is 23.3 Å². The molecule has 2 amide bonds. The summed E-state index contributed by atoms with van der Waals surface area (Å²) >= 11 is 6.15. The second kappa shape index (κ2) is 6.35. The van der Waals surface area contributed by atoms with Gasteiger partial charge in [0.1, 0.15) is 11.0 Å². The van der Waals surface area contributed by atoms with Gasteiger partial charge in [-0.15, -0.1) is 0 Å². The molecule has 0 unspecified atom stereocenters. The number of benzene rings is 1. The van der Waals surface area contributed by atoms with Gasteiger partial charge in [-0.05, 0) is 43.2 Å². The van der Waals surface area contributed by atoms with Gasteiger partial charge in [0.05, 0.1) is 24.0 Å². The number of carbonyl (C=O) groups excluding carboxylic acids is 1. The molecule has 3 aliphatic heterocycles. The van der Waals surface area contributed by atoms with Crippen molar-refractivity contribution in [3.63, 3.8) is 0 Å². The molecule has 1 aromatic rings. The third-order valence-corrected chi connectivity index (χ3v) is 5.24. The minimum atomic E-state index is -0.376. The van der Waals surface area contributed by atoms with E-state index in [9.17, 15) is 9.18 Å². The van der Waals surface area contributed by atoms with Crippen LogP contribution in [0.15, 0.2) is 40.7 Å². The molecule has 3 aliphatic rings.